The second-order valence-corrected chi connectivity index (χ2v) is 1.34. The third-order valence-electron chi connectivity index (χ3n) is 0.635. The first-order valence-corrected chi connectivity index (χ1v) is 2.44. The Bertz CT molecular complexity index is 73.4. The lowest BCUT2D eigenvalue weighted by atomic mass is 10.8. The average molecular weight is 133 g/mol. The molecule has 9 heavy (non-hydrogen) atoms. The predicted octanol–water partition coefficient (Wildman–Crippen LogP) is 0.0367. The summed E-state index contributed by atoms with van der Waals surface area (Å²) in [4.78, 5) is 9.51. The molecule has 0 aromatic carbocycles. The van der Waals surface area contributed by atoms with Crippen molar-refractivity contribution in [3.05, 3.63) is 0 Å². The standard InChI is InChI=1S/C5H9O4/c1-5(8-3-6)9-4-7-2/h5H,4H2,1-2H3. The fourth-order valence-corrected chi connectivity index (χ4v) is 0.266. The second-order valence-electron chi connectivity index (χ2n) is 1.34. The molecule has 1 atom stereocenters. The summed E-state index contributed by atoms with van der Waals surface area (Å²) in [5.41, 5.74) is 0. The van der Waals surface area contributed by atoms with Crippen molar-refractivity contribution in [1.82, 2.24) is 0 Å². The minimum Gasteiger partial charge on any atom is -0.428 e. The molecule has 53 valence electrons. The van der Waals surface area contributed by atoms with Crippen LogP contribution < -0.4 is 0 Å². The van der Waals surface area contributed by atoms with Gasteiger partial charge in [0, 0.05) is 7.11 Å². The molecule has 1 radical (unpaired) electrons. The first kappa shape index (κ1) is 8.39. The van der Waals surface area contributed by atoms with Crippen LogP contribution in [0.3, 0.4) is 0 Å². The minimum absolute atomic E-state index is 0.114. The molecular formula is C5H9O4. The van der Waals surface area contributed by atoms with Crippen molar-refractivity contribution in [2.45, 2.75) is 13.2 Å². The molecular weight excluding hydrogens is 124 g/mol. The highest BCUT2D eigenvalue weighted by Crippen LogP contribution is 1.88. The van der Waals surface area contributed by atoms with E-state index in [2.05, 4.69) is 9.47 Å². The normalized spacial score (nSPS) is 12.7. The lowest BCUT2D eigenvalue weighted by Crippen LogP contribution is -2.13. The van der Waals surface area contributed by atoms with Crippen LogP contribution in [0.2, 0.25) is 0 Å². The highest BCUT2D eigenvalue weighted by atomic mass is 16.7. The Labute approximate surface area is 53.7 Å². The minimum atomic E-state index is -0.581. The zero-order valence-electron chi connectivity index (χ0n) is 5.42. The summed E-state index contributed by atoms with van der Waals surface area (Å²) in [5.74, 6) is 0. The molecule has 0 amide bonds. The quantitative estimate of drug-likeness (QED) is 0.496. The van der Waals surface area contributed by atoms with Crippen molar-refractivity contribution < 1.29 is 19.0 Å². The van der Waals surface area contributed by atoms with E-state index in [0.717, 1.165) is 0 Å². The summed E-state index contributed by atoms with van der Waals surface area (Å²) in [5, 5.41) is 0. The SMILES string of the molecule is COCOC(C)O[C]=O. The van der Waals surface area contributed by atoms with E-state index in [4.69, 9.17) is 4.74 Å². The van der Waals surface area contributed by atoms with Gasteiger partial charge >= 0.3 is 6.47 Å². The number of methoxy groups -OCH3 is 1. The van der Waals surface area contributed by atoms with Crippen LogP contribution in [0.25, 0.3) is 0 Å². The Morgan fingerprint density at radius 3 is 2.78 bits per heavy atom. The van der Waals surface area contributed by atoms with E-state index in [1.165, 1.54) is 13.6 Å². The van der Waals surface area contributed by atoms with Gasteiger partial charge in [0.1, 0.15) is 0 Å². The molecule has 0 aliphatic carbocycles. The molecule has 0 aromatic rings. The van der Waals surface area contributed by atoms with Crippen molar-refractivity contribution in [3.8, 4) is 0 Å². The average Bonchev–Trinajstić information content (AvgIpc) is 1.85. The smallest absolute Gasteiger partial charge is 0.419 e. The molecule has 0 N–H and O–H groups in total. The van der Waals surface area contributed by atoms with Crippen LogP contribution in [-0.2, 0) is 19.0 Å². The van der Waals surface area contributed by atoms with Crippen molar-refractivity contribution in [3.63, 3.8) is 0 Å². The third-order valence-corrected chi connectivity index (χ3v) is 0.635. The summed E-state index contributed by atoms with van der Waals surface area (Å²) < 4.78 is 13.5. The number of hydrogen-bond donors (Lipinski definition) is 0. The molecule has 0 heterocycles. The lowest BCUT2D eigenvalue weighted by molar-refractivity contribution is -0.143. The van der Waals surface area contributed by atoms with Crippen molar-refractivity contribution in [1.29, 1.82) is 0 Å². The Balaban J connectivity index is 3.04. The van der Waals surface area contributed by atoms with E-state index in [9.17, 15) is 4.79 Å². The van der Waals surface area contributed by atoms with Crippen LogP contribution in [0.15, 0.2) is 0 Å². The molecule has 0 aliphatic rings. The summed E-state index contributed by atoms with van der Waals surface area (Å²) in [7, 11) is 1.48. The van der Waals surface area contributed by atoms with Gasteiger partial charge in [-0.15, -0.1) is 0 Å². The van der Waals surface area contributed by atoms with E-state index in [0.29, 0.717) is 0 Å². The second kappa shape index (κ2) is 5.53. The molecule has 4 nitrogen and oxygen atoms in total. The van der Waals surface area contributed by atoms with Gasteiger partial charge in [0.15, 0.2) is 6.79 Å². The number of ether oxygens (including phenoxy) is 3. The summed E-state index contributed by atoms with van der Waals surface area (Å²) in [6, 6.07) is 0. The first-order chi connectivity index (χ1) is 4.31. The molecule has 0 aromatic heterocycles. The third kappa shape index (κ3) is 5.26. The number of hydrogen-bond acceptors (Lipinski definition) is 4. The van der Waals surface area contributed by atoms with Crippen LogP contribution >= 0.6 is 0 Å². The molecule has 0 saturated carbocycles. The van der Waals surface area contributed by atoms with Crippen molar-refractivity contribution in [2.75, 3.05) is 13.9 Å². The Morgan fingerprint density at radius 2 is 2.33 bits per heavy atom. The van der Waals surface area contributed by atoms with Gasteiger partial charge in [0.2, 0.25) is 6.29 Å². The largest absolute Gasteiger partial charge is 0.428 e. The molecule has 1 unspecified atom stereocenters. The topological polar surface area (TPSA) is 44.8 Å². The Kier molecular flexibility index (Phi) is 5.15. The van der Waals surface area contributed by atoms with Gasteiger partial charge < -0.3 is 14.2 Å². The monoisotopic (exact) mass is 133 g/mol. The van der Waals surface area contributed by atoms with Crippen LogP contribution in [0.1, 0.15) is 6.92 Å². The highest BCUT2D eigenvalue weighted by Gasteiger charge is 1.98. The van der Waals surface area contributed by atoms with Gasteiger partial charge in [0.05, 0.1) is 0 Å². The van der Waals surface area contributed by atoms with Gasteiger partial charge in [-0.3, -0.25) is 0 Å². The molecule has 0 saturated heterocycles. The van der Waals surface area contributed by atoms with Gasteiger partial charge in [0.25, 0.3) is 0 Å². The van der Waals surface area contributed by atoms with E-state index < -0.39 is 6.29 Å². The first-order valence-electron chi connectivity index (χ1n) is 2.44. The van der Waals surface area contributed by atoms with Gasteiger partial charge in [-0.1, -0.05) is 0 Å². The fourth-order valence-electron chi connectivity index (χ4n) is 0.266. The zero-order chi connectivity index (χ0) is 7.11. The maximum Gasteiger partial charge on any atom is 0.419 e. The van der Waals surface area contributed by atoms with Crippen LogP contribution in [0, 0.1) is 0 Å². The fraction of sp³-hybridized carbons (Fsp3) is 0.800. The molecule has 0 bridgehead atoms. The van der Waals surface area contributed by atoms with E-state index >= 15 is 0 Å². The lowest BCUT2D eigenvalue weighted by Gasteiger charge is -2.07. The van der Waals surface area contributed by atoms with Gasteiger partial charge in [-0.25, -0.2) is 4.79 Å². The van der Waals surface area contributed by atoms with E-state index in [-0.39, 0.29) is 6.79 Å². The van der Waals surface area contributed by atoms with E-state index in [1.807, 2.05) is 0 Å². The maximum atomic E-state index is 9.51. The van der Waals surface area contributed by atoms with Gasteiger partial charge in [-0.2, -0.15) is 0 Å². The van der Waals surface area contributed by atoms with Crippen LogP contribution in [0.5, 0.6) is 0 Å². The molecule has 0 spiro atoms. The van der Waals surface area contributed by atoms with Gasteiger partial charge in [-0.05, 0) is 6.92 Å². The highest BCUT2D eigenvalue weighted by molar-refractivity contribution is 5.38. The molecule has 0 rings (SSSR count). The molecule has 4 heteroatoms. The Morgan fingerprint density at radius 1 is 1.67 bits per heavy atom. The zero-order valence-corrected chi connectivity index (χ0v) is 5.42. The number of rotatable bonds is 5. The summed E-state index contributed by atoms with van der Waals surface area (Å²) in [6.07, 6.45) is -0.581. The summed E-state index contributed by atoms with van der Waals surface area (Å²) >= 11 is 0. The van der Waals surface area contributed by atoms with Crippen molar-refractivity contribution in [2.24, 2.45) is 0 Å². The Hall–Kier alpha value is -0.610. The van der Waals surface area contributed by atoms with Crippen LogP contribution in [0.4, 0.5) is 0 Å². The van der Waals surface area contributed by atoms with E-state index in [1.54, 1.807) is 6.92 Å². The summed E-state index contributed by atoms with van der Waals surface area (Å²) in [6.45, 7) is 2.93. The molecule has 0 fully saturated rings. The number of carbonyl (C=O) groups excluding carboxylic acids is 1. The van der Waals surface area contributed by atoms with Crippen LogP contribution in [-0.4, -0.2) is 26.7 Å². The predicted molar refractivity (Wildman–Crippen MR) is 29.2 cm³/mol. The molecule has 0 aliphatic heterocycles. The van der Waals surface area contributed by atoms with Crippen molar-refractivity contribution >= 4 is 6.47 Å². The maximum absolute atomic E-state index is 9.51.